The van der Waals surface area contributed by atoms with Crippen molar-refractivity contribution in [2.24, 2.45) is 5.92 Å². The van der Waals surface area contributed by atoms with Crippen LogP contribution in [0.25, 0.3) is 10.9 Å². The van der Waals surface area contributed by atoms with E-state index in [0.717, 1.165) is 12.3 Å². The molecule has 8 nitrogen and oxygen atoms in total. The highest BCUT2D eigenvalue weighted by Crippen LogP contribution is 2.49. The van der Waals surface area contributed by atoms with Gasteiger partial charge in [0.1, 0.15) is 11.4 Å². The molecule has 2 N–H and O–H groups in total. The minimum Gasteiger partial charge on any atom is -0.477 e. The van der Waals surface area contributed by atoms with Gasteiger partial charge in [-0.25, -0.2) is 18.4 Å². The van der Waals surface area contributed by atoms with E-state index in [0.29, 0.717) is 32.4 Å². The van der Waals surface area contributed by atoms with Gasteiger partial charge in [0.25, 0.3) is 0 Å². The molecule has 32 heavy (non-hydrogen) atoms. The number of pyridine rings is 1. The third-order valence-corrected chi connectivity index (χ3v) is 6.94. The molecule has 3 fully saturated rings. The molecule has 0 bridgehead atoms. The number of rotatable bonds is 4. The molecule has 1 aromatic heterocycles. The van der Waals surface area contributed by atoms with Crippen molar-refractivity contribution in [3.05, 3.63) is 45.2 Å². The van der Waals surface area contributed by atoms with Crippen LogP contribution in [0.1, 0.15) is 48.1 Å². The smallest absolute Gasteiger partial charge is 0.410 e. The number of benzene rings is 1. The van der Waals surface area contributed by atoms with Gasteiger partial charge in [0.05, 0.1) is 28.6 Å². The molecule has 3 heterocycles. The van der Waals surface area contributed by atoms with Crippen LogP contribution in [0.4, 0.5) is 13.6 Å². The maximum Gasteiger partial charge on any atom is 0.410 e. The number of nitrogens with zero attached hydrogens (tertiary/aromatic N) is 2. The topological polar surface area (TPSA) is 101 Å². The number of aromatic nitrogens is 1. The summed E-state index contributed by atoms with van der Waals surface area (Å²) in [4.78, 5) is 38.4. The summed E-state index contributed by atoms with van der Waals surface area (Å²) in [5.41, 5.74) is -3.13. The van der Waals surface area contributed by atoms with E-state index >= 15 is 8.78 Å². The van der Waals surface area contributed by atoms with Crippen molar-refractivity contribution in [3.63, 3.8) is 0 Å². The molecule has 10 heteroatoms. The van der Waals surface area contributed by atoms with Crippen molar-refractivity contribution in [2.75, 3.05) is 26.2 Å². The highest BCUT2D eigenvalue weighted by molar-refractivity contribution is 5.93. The van der Waals surface area contributed by atoms with Gasteiger partial charge in [-0.15, -0.1) is 0 Å². The van der Waals surface area contributed by atoms with Crippen molar-refractivity contribution in [2.45, 2.75) is 37.8 Å². The van der Waals surface area contributed by atoms with Crippen molar-refractivity contribution in [1.29, 1.82) is 0 Å². The largest absolute Gasteiger partial charge is 0.477 e. The number of aromatic carboxylic acids is 1. The van der Waals surface area contributed by atoms with Crippen LogP contribution in [0.15, 0.2) is 17.1 Å². The van der Waals surface area contributed by atoms with E-state index in [4.69, 9.17) is 4.74 Å². The number of hydrogen-bond acceptors (Lipinski definition) is 5. The first kappa shape index (κ1) is 20.9. The lowest BCUT2D eigenvalue weighted by Gasteiger charge is -2.38. The molecule has 2 aromatic rings. The molecule has 2 aliphatic heterocycles. The maximum atomic E-state index is 16.2. The standard InChI is InChI=1S/C22H23F2N3O5/c1-2-32-21(31)27-6-5-11-8-25-10-22(11,27)16-15(23)7-13-18(17(16)24)26(12-3-4-12)9-14(19(13)28)20(29)30/h7,9,11-12,25H,2-6,8,10H2,1H3,(H,29,30). The van der Waals surface area contributed by atoms with Crippen LogP contribution >= 0.6 is 0 Å². The number of fused-ring (bicyclic) bond motifs is 2. The molecule has 0 spiro atoms. The summed E-state index contributed by atoms with van der Waals surface area (Å²) in [6.07, 6.45) is 2.46. The Hall–Kier alpha value is -3.01. The molecule has 170 valence electrons. The quantitative estimate of drug-likeness (QED) is 0.747. The molecule has 2 atom stereocenters. The molecule has 1 aromatic carbocycles. The predicted octanol–water partition coefficient (Wildman–Crippen LogP) is 2.59. The number of likely N-dealkylation sites (tertiary alicyclic amines) is 1. The molecule has 1 amide bonds. The number of carboxylic acid groups (broad SMARTS) is 1. The number of carbonyl (C=O) groups excluding carboxylic acids is 1. The van der Waals surface area contributed by atoms with Gasteiger partial charge < -0.3 is 19.7 Å². The number of nitrogens with one attached hydrogen (secondary N) is 1. The third kappa shape index (κ3) is 2.78. The minimum atomic E-state index is -1.45. The highest BCUT2D eigenvalue weighted by Gasteiger charge is 2.58. The second-order valence-electron chi connectivity index (χ2n) is 8.65. The Morgan fingerprint density at radius 2 is 2.06 bits per heavy atom. The van der Waals surface area contributed by atoms with Crippen molar-refractivity contribution in [3.8, 4) is 0 Å². The van der Waals surface area contributed by atoms with Gasteiger partial charge in [0.2, 0.25) is 5.43 Å². The summed E-state index contributed by atoms with van der Waals surface area (Å²) in [5.74, 6) is -3.57. The van der Waals surface area contributed by atoms with Crippen LogP contribution in [0.5, 0.6) is 0 Å². The van der Waals surface area contributed by atoms with Crippen molar-refractivity contribution < 1.29 is 28.2 Å². The van der Waals surface area contributed by atoms with Crippen molar-refractivity contribution in [1.82, 2.24) is 14.8 Å². The first-order valence-corrected chi connectivity index (χ1v) is 10.8. The Labute approximate surface area is 181 Å². The first-order chi connectivity index (χ1) is 15.3. The van der Waals surface area contributed by atoms with Crippen LogP contribution in [0, 0.1) is 17.6 Å². The van der Waals surface area contributed by atoms with E-state index in [1.807, 2.05) is 0 Å². The summed E-state index contributed by atoms with van der Waals surface area (Å²) in [7, 11) is 0. The second-order valence-corrected chi connectivity index (χ2v) is 8.65. The lowest BCUT2D eigenvalue weighted by Crippen LogP contribution is -2.50. The summed E-state index contributed by atoms with van der Waals surface area (Å²) in [5, 5.41) is 12.3. The number of ether oxygens (including phenoxy) is 1. The molecule has 2 unspecified atom stereocenters. The zero-order valence-corrected chi connectivity index (χ0v) is 17.5. The van der Waals surface area contributed by atoms with Gasteiger partial charge in [0.15, 0.2) is 5.82 Å². The van der Waals surface area contributed by atoms with Gasteiger partial charge in [-0.2, -0.15) is 0 Å². The fraction of sp³-hybridized carbons (Fsp3) is 0.500. The van der Waals surface area contributed by atoms with Crippen LogP contribution in [-0.2, 0) is 10.3 Å². The molecule has 3 aliphatic rings. The summed E-state index contributed by atoms with van der Waals surface area (Å²) in [6.45, 7) is 2.73. The van der Waals surface area contributed by atoms with Gasteiger partial charge in [-0.3, -0.25) is 9.69 Å². The lowest BCUT2D eigenvalue weighted by molar-refractivity contribution is 0.0672. The monoisotopic (exact) mass is 447 g/mol. The van der Waals surface area contributed by atoms with E-state index < -0.39 is 40.2 Å². The van der Waals surface area contributed by atoms with Crippen LogP contribution in [0.2, 0.25) is 0 Å². The molecule has 5 rings (SSSR count). The normalized spacial score (nSPS) is 24.7. The molecular weight excluding hydrogens is 424 g/mol. The number of halogens is 2. The number of hydrogen-bond donors (Lipinski definition) is 2. The average Bonchev–Trinajstić information content (AvgIpc) is 3.40. The Bertz CT molecular complexity index is 1210. The summed E-state index contributed by atoms with van der Waals surface area (Å²) in [6, 6.07) is 0.761. The molecule has 0 radical (unpaired) electrons. The van der Waals surface area contributed by atoms with Crippen LogP contribution in [-0.4, -0.2) is 52.9 Å². The van der Waals surface area contributed by atoms with E-state index in [9.17, 15) is 19.5 Å². The fourth-order valence-corrected chi connectivity index (χ4v) is 5.41. The number of amides is 1. The zero-order chi connectivity index (χ0) is 22.8. The molecule has 1 saturated carbocycles. The highest BCUT2D eigenvalue weighted by atomic mass is 19.1. The van der Waals surface area contributed by atoms with E-state index in [2.05, 4.69) is 5.32 Å². The van der Waals surface area contributed by atoms with Crippen molar-refractivity contribution >= 4 is 23.0 Å². The first-order valence-electron chi connectivity index (χ1n) is 10.8. The Morgan fingerprint density at radius 1 is 1.31 bits per heavy atom. The van der Waals surface area contributed by atoms with Crippen LogP contribution < -0.4 is 10.7 Å². The summed E-state index contributed by atoms with van der Waals surface area (Å²) < 4.78 is 38.5. The van der Waals surface area contributed by atoms with Gasteiger partial charge in [-0.1, -0.05) is 0 Å². The van der Waals surface area contributed by atoms with E-state index in [1.165, 1.54) is 9.47 Å². The minimum absolute atomic E-state index is 0.116. The van der Waals surface area contributed by atoms with Crippen LogP contribution in [0.3, 0.4) is 0 Å². The summed E-state index contributed by atoms with van der Waals surface area (Å²) >= 11 is 0. The lowest BCUT2D eigenvalue weighted by atomic mass is 9.80. The Morgan fingerprint density at radius 3 is 2.72 bits per heavy atom. The predicted molar refractivity (Wildman–Crippen MR) is 110 cm³/mol. The second kappa shape index (κ2) is 7.26. The SMILES string of the molecule is CCOC(=O)N1CCC2CNCC21c1c(F)cc2c(=O)c(C(=O)O)cn(C3CC3)c2c1F. The number of carboxylic acids is 1. The Kier molecular flexibility index (Phi) is 4.74. The van der Waals surface area contributed by atoms with E-state index in [-0.39, 0.29) is 41.6 Å². The molecule has 1 aliphatic carbocycles. The van der Waals surface area contributed by atoms with Gasteiger partial charge >= 0.3 is 12.1 Å². The van der Waals surface area contributed by atoms with E-state index in [1.54, 1.807) is 6.92 Å². The fourth-order valence-electron chi connectivity index (χ4n) is 5.41. The van der Waals surface area contributed by atoms with Gasteiger partial charge in [0, 0.05) is 37.8 Å². The third-order valence-electron chi connectivity index (χ3n) is 6.94. The molecule has 2 saturated heterocycles. The molecular formula is C22H23F2N3O5. The maximum absolute atomic E-state index is 16.2. The zero-order valence-electron chi connectivity index (χ0n) is 17.5. The average molecular weight is 447 g/mol. The Balaban J connectivity index is 1.81. The van der Waals surface area contributed by atoms with Gasteiger partial charge in [-0.05, 0) is 32.3 Å². The number of carbonyl (C=O) groups is 2.